The minimum absolute atomic E-state index is 0.0490. The van der Waals surface area contributed by atoms with Gasteiger partial charge in [0.25, 0.3) is 0 Å². The molecule has 0 aliphatic heterocycles. The van der Waals surface area contributed by atoms with E-state index in [9.17, 15) is 8.76 Å². The van der Waals surface area contributed by atoms with E-state index in [1.165, 1.54) is 17.1 Å². The van der Waals surface area contributed by atoms with Crippen LogP contribution in [0.4, 0.5) is 0 Å². The molecule has 0 aliphatic rings. The van der Waals surface area contributed by atoms with Crippen LogP contribution in [0.2, 0.25) is 0 Å². The molecular formula is C5H7N2O3S-. The molecule has 0 bridgehead atoms. The van der Waals surface area contributed by atoms with Gasteiger partial charge in [-0.1, -0.05) is 0 Å². The van der Waals surface area contributed by atoms with Crippen molar-refractivity contribution in [3.05, 3.63) is 12.4 Å². The summed E-state index contributed by atoms with van der Waals surface area (Å²) in [6, 6.07) is 0. The highest BCUT2D eigenvalue weighted by Crippen LogP contribution is 2.00. The fourth-order valence-electron chi connectivity index (χ4n) is 0.655. The summed E-state index contributed by atoms with van der Waals surface area (Å²) in [4.78, 5) is 0.137. The van der Waals surface area contributed by atoms with Crippen LogP contribution in [0.5, 0.6) is 0 Å². The van der Waals surface area contributed by atoms with Crippen molar-refractivity contribution in [2.45, 2.75) is 11.4 Å². The average molecular weight is 175 g/mol. The molecule has 0 saturated heterocycles. The molecule has 1 aromatic rings. The summed E-state index contributed by atoms with van der Waals surface area (Å²) < 4.78 is 22.0. The zero-order valence-electron chi connectivity index (χ0n) is 5.64. The highest BCUT2D eigenvalue weighted by atomic mass is 32.2. The molecule has 11 heavy (non-hydrogen) atoms. The van der Waals surface area contributed by atoms with E-state index in [-0.39, 0.29) is 11.5 Å². The predicted molar refractivity (Wildman–Crippen MR) is 36.5 cm³/mol. The largest absolute Gasteiger partial charge is 0.768 e. The van der Waals surface area contributed by atoms with Gasteiger partial charge in [-0.2, -0.15) is 5.10 Å². The highest BCUT2D eigenvalue weighted by molar-refractivity contribution is 7.79. The van der Waals surface area contributed by atoms with Crippen LogP contribution in [0.3, 0.4) is 0 Å². The molecule has 1 aromatic heterocycles. The molecule has 1 atom stereocenters. The van der Waals surface area contributed by atoms with Crippen molar-refractivity contribution < 1.29 is 13.9 Å². The summed E-state index contributed by atoms with van der Waals surface area (Å²) in [7, 11) is 0. The number of aliphatic hydroxyl groups is 1. The Morgan fingerprint density at radius 3 is 3.00 bits per heavy atom. The Morgan fingerprint density at radius 2 is 2.55 bits per heavy atom. The zero-order chi connectivity index (χ0) is 8.27. The third-order valence-corrected chi connectivity index (χ3v) is 1.73. The molecule has 1 unspecified atom stereocenters. The number of hydrogen-bond acceptors (Lipinski definition) is 4. The predicted octanol–water partition coefficient (Wildman–Crippen LogP) is -0.887. The van der Waals surface area contributed by atoms with Gasteiger partial charge in [0.05, 0.1) is 24.2 Å². The van der Waals surface area contributed by atoms with Crippen molar-refractivity contribution in [2.75, 3.05) is 6.61 Å². The Labute approximate surface area is 65.9 Å². The Hall–Kier alpha value is -0.720. The van der Waals surface area contributed by atoms with Crippen molar-refractivity contribution in [3.8, 4) is 0 Å². The van der Waals surface area contributed by atoms with Crippen molar-refractivity contribution in [3.63, 3.8) is 0 Å². The molecule has 0 radical (unpaired) electrons. The lowest BCUT2D eigenvalue weighted by Crippen LogP contribution is -2.01. The van der Waals surface area contributed by atoms with Crippen LogP contribution in [0, 0.1) is 0 Å². The first-order chi connectivity index (χ1) is 5.24. The number of nitrogens with zero attached hydrogens (tertiary/aromatic N) is 2. The lowest BCUT2D eigenvalue weighted by Gasteiger charge is -1.98. The molecular weight excluding hydrogens is 168 g/mol. The monoisotopic (exact) mass is 175 g/mol. The SMILES string of the molecule is O=S([O-])c1cnn(CCO)c1. The molecule has 0 spiro atoms. The lowest BCUT2D eigenvalue weighted by atomic mass is 10.7. The molecule has 1 rings (SSSR count). The second-order valence-corrected chi connectivity index (χ2v) is 2.84. The summed E-state index contributed by atoms with van der Waals surface area (Å²) in [5, 5.41) is 12.1. The van der Waals surface area contributed by atoms with Gasteiger partial charge in [-0.25, -0.2) is 0 Å². The van der Waals surface area contributed by atoms with Gasteiger partial charge >= 0.3 is 0 Å². The Morgan fingerprint density at radius 1 is 1.82 bits per heavy atom. The van der Waals surface area contributed by atoms with Crippen LogP contribution in [-0.2, 0) is 17.6 Å². The molecule has 0 aliphatic carbocycles. The maximum Gasteiger partial charge on any atom is 0.0641 e. The second-order valence-electron chi connectivity index (χ2n) is 1.90. The van der Waals surface area contributed by atoms with Gasteiger partial charge in [-0.3, -0.25) is 8.89 Å². The summed E-state index contributed by atoms with van der Waals surface area (Å²) in [6.45, 7) is 0.268. The van der Waals surface area contributed by atoms with Gasteiger partial charge in [-0.15, -0.1) is 0 Å². The van der Waals surface area contributed by atoms with E-state index in [0.29, 0.717) is 6.54 Å². The minimum atomic E-state index is -2.23. The van der Waals surface area contributed by atoms with Crippen LogP contribution < -0.4 is 0 Å². The first kappa shape index (κ1) is 8.38. The van der Waals surface area contributed by atoms with Gasteiger partial charge in [0, 0.05) is 6.20 Å². The fraction of sp³-hybridized carbons (Fsp3) is 0.400. The van der Waals surface area contributed by atoms with E-state index in [1.807, 2.05) is 0 Å². The van der Waals surface area contributed by atoms with Crippen LogP contribution in [0.25, 0.3) is 0 Å². The van der Waals surface area contributed by atoms with Gasteiger partial charge < -0.3 is 9.66 Å². The topological polar surface area (TPSA) is 78.2 Å². The molecule has 0 saturated carbocycles. The number of rotatable bonds is 3. The highest BCUT2D eigenvalue weighted by Gasteiger charge is 1.96. The first-order valence-corrected chi connectivity index (χ1v) is 4.04. The summed E-state index contributed by atoms with van der Waals surface area (Å²) >= 11 is -2.23. The molecule has 0 amide bonds. The Bertz CT molecular complexity index is 260. The molecule has 0 fully saturated rings. The molecule has 1 heterocycles. The normalized spacial score (nSPS) is 13.3. The Kier molecular flexibility index (Phi) is 2.75. The standard InChI is InChI=1S/C5H8N2O3S/c8-2-1-7-4-5(3-6-7)11(9)10/h3-4,8H,1-2H2,(H,9,10)/p-1. The third kappa shape index (κ3) is 2.11. The molecule has 0 aromatic carbocycles. The Balaban J connectivity index is 2.73. The lowest BCUT2D eigenvalue weighted by molar-refractivity contribution is 0.269. The van der Waals surface area contributed by atoms with Crippen LogP contribution in [-0.4, -0.2) is 30.3 Å². The first-order valence-electron chi connectivity index (χ1n) is 2.96. The zero-order valence-corrected chi connectivity index (χ0v) is 6.45. The number of aliphatic hydroxyl groups excluding tert-OH is 1. The summed E-state index contributed by atoms with van der Waals surface area (Å²) in [5.41, 5.74) is 0. The van der Waals surface area contributed by atoms with Crippen molar-refractivity contribution in [1.82, 2.24) is 9.78 Å². The van der Waals surface area contributed by atoms with Gasteiger partial charge in [-0.05, 0) is 11.1 Å². The molecule has 6 heteroatoms. The molecule has 5 nitrogen and oxygen atoms in total. The summed E-state index contributed by atoms with van der Waals surface area (Å²) in [5.74, 6) is 0. The van der Waals surface area contributed by atoms with Gasteiger partial charge in [0.1, 0.15) is 0 Å². The van der Waals surface area contributed by atoms with E-state index in [4.69, 9.17) is 5.11 Å². The van der Waals surface area contributed by atoms with Crippen molar-refractivity contribution in [1.29, 1.82) is 0 Å². The average Bonchev–Trinajstić information content (AvgIpc) is 2.37. The number of hydrogen-bond donors (Lipinski definition) is 1. The quantitative estimate of drug-likeness (QED) is 0.605. The van der Waals surface area contributed by atoms with Crippen molar-refractivity contribution in [2.24, 2.45) is 0 Å². The van der Waals surface area contributed by atoms with E-state index in [1.54, 1.807) is 0 Å². The van der Waals surface area contributed by atoms with E-state index < -0.39 is 11.1 Å². The van der Waals surface area contributed by atoms with E-state index >= 15 is 0 Å². The van der Waals surface area contributed by atoms with Crippen molar-refractivity contribution >= 4 is 11.1 Å². The maximum absolute atomic E-state index is 10.3. The third-order valence-electron chi connectivity index (χ3n) is 1.13. The van der Waals surface area contributed by atoms with Gasteiger partial charge in [0.15, 0.2) is 0 Å². The van der Waals surface area contributed by atoms with E-state index in [2.05, 4.69) is 5.10 Å². The van der Waals surface area contributed by atoms with Crippen LogP contribution in [0.15, 0.2) is 17.3 Å². The van der Waals surface area contributed by atoms with E-state index in [0.717, 1.165) is 0 Å². The smallest absolute Gasteiger partial charge is 0.0641 e. The second kappa shape index (κ2) is 3.61. The minimum Gasteiger partial charge on any atom is -0.768 e. The number of aromatic nitrogens is 2. The molecule has 62 valence electrons. The van der Waals surface area contributed by atoms with Crippen LogP contribution >= 0.6 is 0 Å². The molecule has 1 N–H and O–H groups in total. The summed E-state index contributed by atoms with van der Waals surface area (Å²) in [6.07, 6.45) is 2.60. The maximum atomic E-state index is 10.3. The van der Waals surface area contributed by atoms with Gasteiger partial charge in [0.2, 0.25) is 0 Å². The fourth-order valence-corrected chi connectivity index (χ4v) is 0.996. The van der Waals surface area contributed by atoms with Crippen LogP contribution in [0.1, 0.15) is 0 Å².